The summed E-state index contributed by atoms with van der Waals surface area (Å²) < 4.78 is 11.6. The number of nitrogens with zero attached hydrogens (tertiary/aromatic N) is 1. The third-order valence-electron chi connectivity index (χ3n) is 4.41. The van der Waals surface area contributed by atoms with E-state index < -0.39 is 0 Å². The minimum Gasteiger partial charge on any atom is -0.455 e. The molecule has 0 saturated carbocycles. The molecule has 24 heavy (non-hydrogen) atoms. The number of fused-ring (bicyclic) bond motifs is 1. The first-order chi connectivity index (χ1) is 11.8. The first-order valence-electron chi connectivity index (χ1n) is 8.23. The van der Waals surface area contributed by atoms with E-state index in [0.29, 0.717) is 36.5 Å². The highest BCUT2D eigenvalue weighted by Gasteiger charge is 2.19. The van der Waals surface area contributed by atoms with E-state index in [4.69, 9.17) is 9.15 Å². The molecular formula is C20H19NO3. The maximum atomic E-state index is 13.1. The van der Waals surface area contributed by atoms with Crippen molar-refractivity contribution in [2.75, 3.05) is 26.3 Å². The molecule has 0 amide bonds. The summed E-state index contributed by atoms with van der Waals surface area (Å²) in [5, 5.41) is 0.639. The van der Waals surface area contributed by atoms with Gasteiger partial charge in [0, 0.05) is 25.2 Å². The van der Waals surface area contributed by atoms with Crippen LogP contribution in [0.2, 0.25) is 0 Å². The molecule has 4 heteroatoms. The number of ether oxygens (including phenoxy) is 1. The number of morpholine rings is 1. The quantitative estimate of drug-likeness (QED) is 0.742. The van der Waals surface area contributed by atoms with Crippen LogP contribution in [-0.2, 0) is 11.3 Å². The van der Waals surface area contributed by atoms with Gasteiger partial charge in [0.25, 0.3) is 0 Å². The third-order valence-corrected chi connectivity index (χ3v) is 4.41. The second-order valence-electron chi connectivity index (χ2n) is 5.99. The number of para-hydroxylation sites is 1. The first kappa shape index (κ1) is 15.1. The lowest BCUT2D eigenvalue weighted by Gasteiger charge is -2.27. The molecule has 1 aliphatic heterocycles. The molecular weight excluding hydrogens is 302 g/mol. The highest BCUT2D eigenvalue weighted by molar-refractivity contribution is 5.80. The molecule has 0 N–H and O–H groups in total. The van der Waals surface area contributed by atoms with Gasteiger partial charge in [-0.1, -0.05) is 42.5 Å². The summed E-state index contributed by atoms with van der Waals surface area (Å²) in [7, 11) is 0. The van der Waals surface area contributed by atoms with Crippen molar-refractivity contribution in [2.45, 2.75) is 6.54 Å². The van der Waals surface area contributed by atoms with Crippen molar-refractivity contribution in [1.82, 2.24) is 4.90 Å². The highest BCUT2D eigenvalue weighted by Crippen LogP contribution is 2.26. The monoisotopic (exact) mass is 321 g/mol. The summed E-state index contributed by atoms with van der Waals surface area (Å²) in [4.78, 5) is 15.3. The van der Waals surface area contributed by atoms with E-state index in [0.717, 1.165) is 24.2 Å². The number of benzene rings is 2. The Kier molecular flexibility index (Phi) is 4.15. The molecule has 2 heterocycles. The van der Waals surface area contributed by atoms with Gasteiger partial charge >= 0.3 is 0 Å². The van der Waals surface area contributed by atoms with Crippen LogP contribution in [0.1, 0.15) is 5.56 Å². The molecule has 0 bridgehead atoms. The maximum absolute atomic E-state index is 13.1. The van der Waals surface area contributed by atoms with Crippen LogP contribution >= 0.6 is 0 Å². The van der Waals surface area contributed by atoms with E-state index in [1.54, 1.807) is 0 Å². The molecule has 0 aliphatic carbocycles. The minimum absolute atomic E-state index is 0.0576. The zero-order valence-electron chi connectivity index (χ0n) is 13.4. The Bertz CT molecular complexity index is 896. The first-order valence-corrected chi connectivity index (χ1v) is 8.23. The van der Waals surface area contributed by atoms with Crippen molar-refractivity contribution >= 4 is 11.0 Å². The average molecular weight is 321 g/mol. The topological polar surface area (TPSA) is 42.7 Å². The van der Waals surface area contributed by atoms with E-state index >= 15 is 0 Å². The molecule has 1 aromatic heterocycles. The molecule has 1 aliphatic rings. The van der Waals surface area contributed by atoms with Crippen LogP contribution < -0.4 is 5.43 Å². The second-order valence-corrected chi connectivity index (χ2v) is 5.99. The van der Waals surface area contributed by atoms with Crippen molar-refractivity contribution in [3.8, 4) is 11.3 Å². The van der Waals surface area contributed by atoms with Crippen molar-refractivity contribution < 1.29 is 9.15 Å². The fraction of sp³-hybridized carbons (Fsp3) is 0.250. The zero-order valence-corrected chi connectivity index (χ0v) is 13.4. The van der Waals surface area contributed by atoms with Crippen molar-refractivity contribution in [2.24, 2.45) is 0 Å². The smallest absolute Gasteiger partial charge is 0.197 e. The Morgan fingerprint density at radius 1 is 0.917 bits per heavy atom. The van der Waals surface area contributed by atoms with Gasteiger partial charge in [-0.3, -0.25) is 9.69 Å². The van der Waals surface area contributed by atoms with E-state index in [1.807, 2.05) is 54.6 Å². The Labute approximate surface area is 140 Å². The molecule has 0 spiro atoms. The molecule has 1 fully saturated rings. The SMILES string of the molecule is O=c1c(CN2CCOCC2)c(-c2ccccc2)oc2ccccc12. The molecule has 0 unspecified atom stereocenters. The van der Waals surface area contributed by atoms with Gasteiger partial charge in [-0.05, 0) is 12.1 Å². The van der Waals surface area contributed by atoms with Crippen LogP contribution in [0.25, 0.3) is 22.3 Å². The molecule has 2 aromatic carbocycles. The van der Waals surface area contributed by atoms with Crippen molar-refractivity contribution in [3.63, 3.8) is 0 Å². The Balaban J connectivity index is 1.88. The minimum atomic E-state index is 0.0576. The number of hydrogen-bond donors (Lipinski definition) is 0. The molecule has 4 nitrogen and oxygen atoms in total. The lowest BCUT2D eigenvalue weighted by molar-refractivity contribution is 0.0340. The van der Waals surface area contributed by atoms with E-state index in [2.05, 4.69) is 4.90 Å². The van der Waals surface area contributed by atoms with Gasteiger partial charge in [0.2, 0.25) is 0 Å². The Hall–Kier alpha value is -2.43. The summed E-state index contributed by atoms with van der Waals surface area (Å²) in [5.41, 5.74) is 2.35. The van der Waals surface area contributed by atoms with Gasteiger partial charge in [-0.15, -0.1) is 0 Å². The fourth-order valence-corrected chi connectivity index (χ4v) is 3.13. The van der Waals surface area contributed by atoms with E-state index in [9.17, 15) is 4.79 Å². The largest absolute Gasteiger partial charge is 0.455 e. The van der Waals surface area contributed by atoms with Gasteiger partial charge in [-0.25, -0.2) is 0 Å². The molecule has 122 valence electrons. The van der Waals surface area contributed by atoms with E-state index in [1.165, 1.54) is 0 Å². The number of hydrogen-bond acceptors (Lipinski definition) is 4. The molecule has 1 saturated heterocycles. The maximum Gasteiger partial charge on any atom is 0.197 e. The van der Waals surface area contributed by atoms with Crippen molar-refractivity contribution in [1.29, 1.82) is 0 Å². The molecule has 4 rings (SSSR count). The van der Waals surface area contributed by atoms with Gasteiger partial charge in [0.05, 0.1) is 24.2 Å². The fourth-order valence-electron chi connectivity index (χ4n) is 3.13. The molecule has 3 aromatic rings. The van der Waals surface area contributed by atoms with Crippen molar-refractivity contribution in [3.05, 3.63) is 70.4 Å². The van der Waals surface area contributed by atoms with Crippen LogP contribution in [0.5, 0.6) is 0 Å². The lowest BCUT2D eigenvalue weighted by Crippen LogP contribution is -2.37. The van der Waals surface area contributed by atoms with Gasteiger partial charge < -0.3 is 9.15 Å². The van der Waals surface area contributed by atoms with Crippen LogP contribution in [0.4, 0.5) is 0 Å². The summed E-state index contributed by atoms with van der Waals surface area (Å²) in [5.74, 6) is 0.672. The normalized spacial score (nSPS) is 15.7. The zero-order chi connectivity index (χ0) is 16.4. The standard InChI is InChI=1S/C20H19NO3/c22-19-16-8-4-5-9-18(16)24-20(15-6-2-1-3-7-15)17(19)14-21-10-12-23-13-11-21/h1-9H,10-14H2. The second kappa shape index (κ2) is 6.59. The molecule has 0 radical (unpaired) electrons. The van der Waals surface area contributed by atoms with Gasteiger partial charge in [0.1, 0.15) is 11.3 Å². The van der Waals surface area contributed by atoms with Gasteiger partial charge in [-0.2, -0.15) is 0 Å². The highest BCUT2D eigenvalue weighted by atomic mass is 16.5. The Morgan fingerprint density at radius 3 is 2.42 bits per heavy atom. The predicted molar refractivity (Wildman–Crippen MR) is 94.0 cm³/mol. The number of rotatable bonds is 3. The summed E-state index contributed by atoms with van der Waals surface area (Å²) in [6.07, 6.45) is 0. The summed E-state index contributed by atoms with van der Waals surface area (Å²) >= 11 is 0. The molecule has 0 atom stereocenters. The third kappa shape index (κ3) is 2.86. The van der Waals surface area contributed by atoms with Crippen LogP contribution in [0, 0.1) is 0 Å². The lowest BCUT2D eigenvalue weighted by atomic mass is 10.0. The van der Waals surface area contributed by atoms with E-state index in [-0.39, 0.29) is 5.43 Å². The van der Waals surface area contributed by atoms with Crippen LogP contribution in [0.3, 0.4) is 0 Å². The Morgan fingerprint density at radius 2 is 1.62 bits per heavy atom. The summed E-state index contributed by atoms with van der Waals surface area (Å²) in [6.45, 7) is 3.67. The van der Waals surface area contributed by atoms with Crippen LogP contribution in [0.15, 0.2) is 63.8 Å². The average Bonchev–Trinajstić information content (AvgIpc) is 2.65. The summed E-state index contributed by atoms with van der Waals surface area (Å²) in [6, 6.07) is 17.3. The predicted octanol–water partition coefficient (Wildman–Crippen LogP) is 3.29. The van der Waals surface area contributed by atoms with Gasteiger partial charge in [0.15, 0.2) is 5.43 Å². The van der Waals surface area contributed by atoms with Crippen LogP contribution in [-0.4, -0.2) is 31.2 Å².